The highest BCUT2D eigenvalue weighted by Gasteiger charge is 2.28. The van der Waals surface area contributed by atoms with Crippen LogP contribution in [0.15, 0.2) is 18.7 Å². The molecule has 1 atom stereocenters. The monoisotopic (exact) mass is 432 g/mol. The number of hydrogen-bond donors (Lipinski definition) is 2. The number of fused-ring (bicyclic) bond motifs is 1. The van der Waals surface area contributed by atoms with Gasteiger partial charge in [-0.05, 0) is 20.2 Å². The number of nitrogens with zero attached hydrogens (tertiary/aromatic N) is 7. The van der Waals surface area contributed by atoms with Gasteiger partial charge < -0.3 is 14.0 Å². The van der Waals surface area contributed by atoms with Crippen molar-refractivity contribution in [1.82, 2.24) is 39.8 Å². The largest absolute Gasteiger partial charge is 0.480 e. The van der Waals surface area contributed by atoms with Crippen LogP contribution in [0.25, 0.3) is 28.2 Å². The van der Waals surface area contributed by atoms with Crippen LogP contribution in [0.4, 0.5) is 0 Å². The fraction of sp³-hybridized carbons (Fsp3) is 0.389. The normalized spacial score (nSPS) is 12.8. The molecule has 0 aromatic carbocycles. The Labute approximate surface area is 177 Å². The first-order chi connectivity index (χ1) is 14.5. The summed E-state index contributed by atoms with van der Waals surface area (Å²) in [6.07, 6.45) is 3.38. The average molecular weight is 433 g/mol. The van der Waals surface area contributed by atoms with Crippen LogP contribution in [0.5, 0.6) is 5.88 Å². The molecule has 0 aliphatic rings. The Morgan fingerprint density at radius 2 is 2.10 bits per heavy atom. The number of aromatic nitrogens is 8. The molecular formula is C18H23ClN9O2+. The van der Waals surface area contributed by atoms with Crippen molar-refractivity contribution in [2.45, 2.75) is 6.04 Å². The second-order valence-electron chi connectivity index (χ2n) is 6.99. The number of halogens is 1. The van der Waals surface area contributed by atoms with E-state index in [2.05, 4.69) is 25.4 Å². The van der Waals surface area contributed by atoms with Crippen LogP contribution in [0.1, 0.15) is 11.9 Å². The molecule has 4 rings (SSSR count). The minimum Gasteiger partial charge on any atom is -0.480 e. The first kappa shape index (κ1) is 20.3. The van der Waals surface area contributed by atoms with E-state index < -0.39 is 0 Å². The van der Waals surface area contributed by atoms with Crippen LogP contribution < -0.4 is 9.30 Å². The molecule has 0 saturated carbocycles. The molecule has 11 nitrogen and oxygen atoms in total. The predicted molar refractivity (Wildman–Crippen MR) is 110 cm³/mol. The number of H-pyrrole nitrogens is 2. The summed E-state index contributed by atoms with van der Waals surface area (Å²) in [6, 6.07) is 1.75. The van der Waals surface area contributed by atoms with E-state index >= 15 is 0 Å². The topological polar surface area (TPSA) is 114 Å². The molecule has 0 bridgehead atoms. The Bertz CT molecular complexity index is 1170. The van der Waals surface area contributed by atoms with Crippen molar-refractivity contribution in [1.29, 1.82) is 0 Å². The molecule has 0 aliphatic carbocycles. The minimum atomic E-state index is -0.0661. The first-order valence-corrected chi connectivity index (χ1v) is 9.55. The maximum absolute atomic E-state index is 6.34. The number of likely N-dealkylation sites (N-methyl/N-ethyl adjacent to an activating group) is 1. The lowest BCUT2D eigenvalue weighted by atomic mass is 10.2. The van der Waals surface area contributed by atoms with E-state index in [4.69, 9.17) is 26.1 Å². The van der Waals surface area contributed by atoms with Crippen LogP contribution in [0.2, 0.25) is 5.02 Å². The molecule has 0 radical (unpaired) electrons. The van der Waals surface area contributed by atoms with Crippen LogP contribution in [0, 0.1) is 0 Å². The summed E-state index contributed by atoms with van der Waals surface area (Å²) in [5, 5.41) is 14.8. The summed E-state index contributed by atoms with van der Waals surface area (Å²) >= 11 is 6.34. The lowest BCUT2D eigenvalue weighted by Gasteiger charge is -2.20. The average Bonchev–Trinajstić information content (AvgIpc) is 3.45. The number of nitrogens with one attached hydrogen (secondary N) is 2. The highest BCUT2D eigenvalue weighted by molar-refractivity contribution is 6.32. The van der Waals surface area contributed by atoms with E-state index in [1.54, 1.807) is 19.8 Å². The van der Waals surface area contributed by atoms with Gasteiger partial charge >= 0.3 is 0 Å². The Morgan fingerprint density at radius 3 is 2.73 bits per heavy atom. The quantitative estimate of drug-likeness (QED) is 0.423. The van der Waals surface area contributed by atoms with E-state index in [-0.39, 0.29) is 6.04 Å². The summed E-state index contributed by atoms with van der Waals surface area (Å²) < 4.78 is 14.4. The van der Waals surface area contributed by atoms with Crippen molar-refractivity contribution in [2.24, 2.45) is 7.05 Å². The van der Waals surface area contributed by atoms with Gasteiger partial charge in [-0.15, -0.1) is 5.10 Å². The first-order valence-electron chi connectivity index (χ1n) is 9.17. The van der Waals surface area contributed by atoms with Crippen molar-refractivity contribution in [3.05, 3.63) is 29.6 Å². The second-order valence-corrected chi connectivity index (χ2v) is 7.40. The molecule has 1 unspecified atom stereocenters. The third kappa shape index (κ3) is 3.30. The molecule has 4 heterocycles. The van der Waals surface area contributed by atoms with Gasteiger partial charge in [-0.2, -0.15) is 9.67 Å². The van der Waals surface area contributed by atoms with Gasteiger partial charge in [-0.25, -0.2) is 9.97 Å². The summed E-state index contributed by atoms with van der Waals surface area (Å²) in [5.74, 6) is 1.57. The van der Waals surface area contributed by atoms with Crippen LogP contribution >= 0.6 is 11.6 Å². The van der Waals surface area contributed by atoms with Gasteiger partial charge in [-0.1, -0.05) is 11.6 Å². The Morgan fingerprint density at radius 1 is 1.30 bits per heavy atom. The zero-order valence-corrected chi connectivity index (χ0v) is 18.1. The van der Waals surface area contributed by atoms with Gasteiger partial charge in [0.2, 0.25) is 18.0 Å². The highest BCUT2D eigenvalue weighted by atomic mass is 35.5. The molecule has 158 valence electrons. The number of aryl methyl sites for hydroxylation is 1. The zero-order valence-electron chi connectivity index (χ0n) is 17.3. The minimum absolute atomic E-state index is 0.0661. The lowest BCUT2D eigenvalue weighted by molar-refractivity contribution is -0.593. The van der Waals surface area contributed by atoms with E-state index in [0.29, 0.717) is 34.7 Å². The number of hydrogen-bond acceptors (Lipinski definition) is 7. The van der Waals surface area contributed by atoms with E-state index in [1.807, 2.05) is 41.2 Å². The number of rotatable bonds is 7. The summed E-state index contributed by atoms with van der Waals surface area (Å²) in [4.78, 5) is 11.4. The molecule has 30 heavy (non-hydrogen) atoms. The molecule has 2 N–H and O–H groups in total. The molecule has 4 aromatic heterocycles. The van der Waals surface area contributed by atoms with Crippen molar-refractivity contribution in [2.75, 3.05) is 34.9 Å². The third-order valence-corrected chi connectivity index (χ3v) is 5.22. The van der Waals surface area contributed by atoms with Gasteiger partial charge in [0, 0.05) is 19.3 Å². The van der Waals surface area contributed by atoms with Crippen LogP contribution in [-0.4, -0.2) is 74.8 Å². The Balaban J connectivity index is 1.95. The fourth-order valence-corrected chi connectivity index (χ4v) is 3.66. The number of pyridine rings is 1. The van der Waals surface area contributed by atoms with Gasteiger partial charge in [0.25, 0.3) is 6.33 Å². The van der Waals surface area contributed by atoms with E-state index in [0.717, 1.165) is 16.9 Å². The summed E-state index contributed by atoms with van der Waals surface area (Å²) in [5.41, 5.74) is 3.01. The van der Waals surface area contributed by atoms with E-state index in [9.17, 15) is 0 Å². The van der Waals surface area contributed by atoms with Crippen molar-refractivity contribution in [3.63, 3.8) is 0 Å². The van der Waals surface area contributed by atoms with Crippen molar-refractivity contribution < 1.29 is 14.0 Å². The van der Waals surface area contributed by atoms with Crippen molar-refractivity contribution >= 4 is 22.6 Å². The maximum atomic E-state index is 6.34. The van der Waals surface area contributed by atoms with Gasteiger partial charge in [-0.3, -0.25) is 10.00 Å². The van der Waals surface area contributed by atoms with Gasteiger partial charge in [0.1, 0.15) is 22.1 Å². The number of aromatic amines is 2. The smallest absolute Gasteiger partial charge is 0.270 e. The Hall–Kier alpha value is -3.02. The molecular weight excluding hydrogens is 410 g/mol. The molecule has 0 saturated heterocycles. The standard InChI is InChI=1S/C18H22ClN9O2/c1-26(2)12(7-29-4)16-23-17(25-24-16)15-14(28-8-20-21-9-28)13-11(27(15)3)6-10(19)18(22-13)30-5/h6,8-9,12H,7H2,1-5H3,(H,22,23,24,25)/p+1. The van der Waals surface area contributed by atoms with Crippen molar-refractivity contribution in [3.8, 4) is 23.1 Å². The van der Waals surface area contributed by atoms with Gasteiger partial charge in [0.15, 0.2) is 5.69 Å². The molecule has 0 fully saturated rings. The molecule has 0 amide bonds. The Kier molecular flexibility index (Phi) is 5.41. The zero-order chi connectivity index (χ0) is 21.4. The second kappa shape index (κ2) is 8.01. The predicted octanol–water partition coefficient (Wildman–Crippen LogP) is 1.27. The van der Waals surface area contributed by atoms with Gasteiger partial charge in [0.05, 0.1) is 25.3 Å². The molecule has 12 heteroatoms. The summed E-state index contributed by atoms with van der Waals surface area (Å²) in [7, 11) is 9.05. The maximum Gasteiger partial charge on any atom is 0.270 e. The lowest BCUT2D eigenvalue weighted by Crippen LogP contribution is -2.28. The SMILES string of the molecule is COCC(c1nc(-c2c(-[n+]3cn[nH]c3)c3nc(OC)c(Cl)cc3n2C)n[nH]1)N(C)C. The highest BCUT2D eigenvalue weighted by Crippen LogP contribution is 2.35. The van der Waals surface area contributed by atoms with Crippen LogP contribution in [0.3, 0.4) is 0 Å². The third-order valence-electron chi connectivity index (χ3n) is 4.95. The molecule has 0 spiro atoms. The number of methoxy groups -OCH3 is 2. The fourth-order valence-electron chi connectivity index (χ4n) is 3.43. The molecule has 0 aliphatic heterocycles. The van der Waals surface area contributed by atoms with E-state index in [1.165, 1.54) is 7.11 Å². The van der Waals surface area contributed by atoms with Crippen LogP contribution in [-0.2, 0) is 11.8 Å². The number of ether oxygens (including phenoxy) is 2. The summed E-state index contributed by atoms with van der Waals surface area (Å²) in [6.45, 7) is 0.481. The molecule has 4 aromatic rings.